The van der Waals surface area contributed by atoms with Crippen molar-refractivity contribution in [2.45, 2.75) is 6.42 Å². The minimum Gasteiger partial charge on any atom is -0.294 e. The van der Waals surface area contributed by atoms with Gasteiger partial charge in [0.05, 0.1) is 0 Å². The molecule has 16 heavy (non-hydrogen) atoms. The van der Waals surface area contributed by atoms with Crippen molar-refractivity contribution >= 4 is 28.4 Å². The molecule has 0 radical (unpaired) electrons. The minimum atomic E-state index is 0.171. The average Bonchev–Trinajstić information content (AvgIpc) is 2.33. The maximum atomic E-state index is 12.0. The van der Waals surface area contributed by atoms with Crippen LogP contribution < -0.4 is 0 Å². The van der Waals surface area contributed by atoms with Crippen LogP contribution in [0.3, 0.4) is 0 Å². The van der Waals surface area contributed by atoms with Gasteiger partial charge in [-0.25, -0.2) is 0 Å². The summed E-state index contributed by atoms with van der Waals surface area (Å²) in [4.78, 5) is 12.0. The number of rotatable bonds is 3. The molecule has 2 aromatic carbocycles. The number of Topliss-reactive ketones (excluding diaryl/α,β-unsaturated/α-hetero) is 1. The monoisotopic (exact) mass is 322 g/mol. The molecule has 0 amide bonds. The summed E-state index contributed by atoms with van der Waals surface area (Å²) in [5.41, 5.74) is 1.87. The summed E-state index contributed by atoms with van der Waals surface area (Å²) in [6.45, 7) is 0. The fraction of sp³-hybridized carbons (Fsp3) is 0.0714. The van der Waals surface area contributed by atoms with Crippen molar-refractivity contribution in [3.63, 3.8) is 0 Å². The van der Waals surface area contributed by atoms with E-state index in [4.69, 9.17) is 0 Å². The highest BCUT2D eigenvalue weighted by Crippen LogP contribution is 2.14. The van der Waals surface area contributed by atoms with Crippen molar-refractivity contribution in [2.24, 2.45) is 0 Å². The molecule has 2 heteroatoms. The van der Waals surface area contributed by atoms with Crippen molar-refractivity contribution < 1.29 is 4.79 Å². The third-order valence-electron chi connectivity index (χ3n) is 2.40. The SMILES string of the molecule is O=C(Cc1ccccc1I)c1ccccc1. The van der Waals surface area contributed by atoms with Gasteiger partial charge >= 0.3 is 0 Å². The Morgan fingerprint density at radius 1 is 0.938 bits per heavy atom. The lowest BCUT2D eigenvalue weighted by molar-refractivity contribution is 0.0993. The van der Waals surface area contributed by atoms with Crippen molar-refractivity contribution in [2.75, 3.05) is 0 Å². The maximum absolute atomic E-state index is 12.0. The molecule has 0 spiro atoms. The number of carbonyl (C=O) groups is 1. The van der Waals surface area contributed by atoms with Crippen molar-refractivity contribution in [3.05, 3.63) is 69.3 Å². The summed E-state index contributed by atoms with van der Waals surface area (Å²) in [5.74, 6) is 0.171. The fourth-order valence-corrected chi connectivity index (χ4v) is 2.12. The standard InChI is InChI=1S/C14H11IO/c15-13-9-5-4-8-12(13)10-14(16)11-6-2-1-3-7-11/h1-9H,10H2. The average molecular weight is 322 g/mol. The lowest BCUT2D eigenvalue weighted by atomic mass is 10.0. The second-order valence-corrected chi connectivity index (χ2v) is 4.72. The molecule has 2 aromatic rings. The predicted octanol–water partition coefficient (Wildman–Crippen LogP) is 3.72. The summed E-state index contributed by atoms with van der Waals surface area (Å²) in [6.07, 6.45) is 0.475. The van der Waals surface area contributed by atoms with Crippen LogP contribution in [0.25, 0.3) is 0 Å². The molecular formula is C14H11IO. The van der Waals surface area contributed by atoms with Crippen LogP contribution in [0.15, 0.2) is 54.6 Å². The topological polar surface area (TPSA) is 17.1 Å². The zero-order valence-electron chi connectivity index (χ0n) is 8.69. The van der Waals surface area contributed by atoms with E-state index < -0.39 is 0 Å². The highest BCUT2D eigenvalue weighted by Gasteiger charge is 2.07. The third kappa shape index (κ3) is 2.70. The van der Waals surface area contributed by atoms with Crippen LogP contribution in [-0.4, -0.2) is 5.78 Å². The number of ketones is 1. The van der Waals surface area contributed by atoms with Crippen molar-refractivity contribution in [1.82, 2.24) is 0 Å². The number of carbonyl (C=O) groups excluding carboxylic acids is 1. The van der Waals surface area contributed by atoms with Gasteiger partial charge in [-0.05, 0) is 34.2 Å². The Balaban J connectivity index is 2.18. The summed E-state index contributed by atoms with van der Waals surface area (Å²) < 4.78 is 1.14. The number of halogens is 1. The van der Waals surface area contributed by atoms with Gasteiger partial charge in [0, 0.05) is 15.6 Å². The van der Waals surface area contributed by atoms with Crippen molar-refractivity contribution in [1.29, 1.82) is 0 Å². The Hall–Kier alpha value is -1.16. The minimum absolute atomic E-state index is 0.171. The summed E-state index contributed by atoms with van der Waals surface area (Å²) in [7, 11) is 0. The molecule has 0 saturated carbocycles. The molecule has 0 bridgehead atoms. The fourth-order valence-electron chi connectivity index (χ4n) is 1.54. The Morgan fingerprint density at radius 2 is 1.56 bits per heavy atom. The smallest absolute Gasteiger partial charge is 0.167 e. The first-order chi connectivity index (χ1) is 7.77. The molecule has 0 aromatic heterocycles. The van der Waals surface area contributed by atoms with E-state index in [0.717, 1.165) is 14.7 Å². The molecule has 0 aliphatic heterocycles. The van der Waals surface area contributed by atoms with Gasteiger partial charge in [-0.1, -0.05) is 48.5 Å². The molecule has 0 aliphatic carbocycles. The summed E-state index contributed by atoms with van der Waals surface area (Å²) in [6, 6.07) is 17.4. The molecule has 0 unspecified atom stereocenters. The molecule has 0 heterocycles. The molecular weight excluding hydrogens is 311 g/mol. The molecule has 0 fully saturated rings. The van der Waals surface area contributed by atoms with E-state index in [1.807, 2.05) is 54.6 Å². The Kier molecular flexibility index (Phi) is 3.72. The molecule has 80 valence electrons. The van der Waals surface area contributed by atoms with E-state index in [0.29, 0.717) is 6.42 Å². The van der Waals surface area contributed by atoms with Gasteiger partial charge < -0.3 is 0 Å². The van der Waals surface area contributed by atoms with Crippen LogP contribution in [-0.2, 0) is 6.42 Å². The van der Waals surface area contributed by atoms with E-state index >= 15 is 0 Å². The molecule has 2 rings (SSSR count). The lowest BCUT2D eigenvalue weighted by Gasteiger charge is -2.03. The molecule has 1 nitrogen and oxygen atoms in total. The van der Waals surface area contributed by atoms with E-state index in [2.05, 4.69) is 22.6 Å². The first kappa shape index (κ1) is 11.3. The Morgan fingerprint density at radius 3 is 2.25 bits per heavy atom. The normalized spacial score (nSPS) is 10.1. The van der Waals surface area contributed by atoms with Gasteiger partial charge in [-0.2, -0.15) is 0 Å². The number of hydrogen-bond donors (Lipinski definition) is 0. The van der Waals surface area contributed by atoms with Gasteiger partial charge in [-0.15, -0.1) is 0 Å². The molecule has 0 atom stereocenters. The van der Waals surface area contributed by atoms with Gasteiger partial charge in [0.25, 0.3) is 0 Å². The van der Waals surface area contributed by atoms with Crippen LogP contribution in [0.2, 0.25) is 0 Å². The van der Waals surface area contributed by atoms with Crippen LogP contribution >= 0.6 is 22.6 Å². The zero-order chi connectivity index (χ0) is 11.4. The molecule has 0 N–H and O–H groups in total. The van der Waals surface area contributed by atoms with E-state index in [-0.39, 0.29) is 5.78 Å². The van der Waals surface area contributed by atoms with Crippen LogP contribution in [0.5, 0.6) is 0 Å². The van der Waals surface area contributed by atoms with Crippen LogP contribution in [0.1, 0.15) is 15.9 Å². The van der Waals surface area contributed by atoms with E-state index in [1.54, 1.807) is 0 Å². The number of benzene rings is 2. The lowest BCUT2D eigenvalue weighted by Crippen LogP contribution is -2.04. The first-order valence-electron chi connectivity index (χ1n) is 5.09. The van der Waals surface area contributed by atoms with Gasteiger partial charge in [-0.3, -0.25) is 4.79 Å². The zero-order valence-corrected chi connectivity index (χ0v) is 10.8. The van der Waals surface area contributed by atoms with Gasteiger partial charge in [0.2, 0.25) is 0 Å². The van der Waals surface area contributed by atoms with E-state index in [1.165, 1.54) is 0 Å². The van der Waals surface area contributed by atoms with Gasteiger partial charge in [0.1, 0.15) is 0 Å². The van der Waals surface area contributed by atoms with Crippen LogP contribution in [0.4, 0.5) is 0 Å². The second-order valence-electron chi connectivity index (χ2n) is 3.56. The second kappa shape index (κ2) is 5.25. The Bertz CT molecular complexity index is 491. The molecule has 0 saturated heterocycles. The predicted molar refractivity (Wildman–Crippen MR) is 73.6 cm³/mol. The Labute approximate surface area is 109 Å². The number of hydrogen-bond acceptors (Lipinski definition) is 1. The molecule has 0 aliphatic rings. The summed E-state index contributed by atoms with van der Waals surface area (Å²) >= 11 is 2.26. The largest absolute Gasteiger partial charge is 0.294 e. The highest BCUT2D eigenvalue weighted by molar-refractivity contribution is 14.1. The van der Waals surface area contributed by atoms with Crippen molar-refractivity contribution in [3.8, 4) is 0 Å². The quantitative estimate of drug-likeness (QED) is 0.622. The third-order valence-corrected chi connectivity index (χ3v) is 3.46. The van der Waals surface area contributed by atoms with Crippen LogP contribution in [0, 0.1) is 3.57 Å². The highest BCUT2D eigenvalue weighted by atomic mass is 127. The maximum Gasteiger partial charge on any atom is 0.167 e. The van der Waals surface area contributed by atoms with E-state index in [9.17, 15) is 4.79 Å². The first-order valence-corrected chi connectivity index (χ1v) is 6.17. The summed E-state index contributed by atoms with van der Waals surface area (Å²) in [5, 5.41) is 0. The van der Waals surface area contributed by atoms with Gasteiger partial charge in [0.15, 0.2) is 5.78 Å².